The fourth-order valence-corrected chi connectivity index (χ4v) is 2.11. The summed E-state index contributed by atoms with van der Waals surface area (Å²) in [6, 6.07) is 5.64. The minimum absolute atomic E-state index is 0.0204. The standard InChI is InChI=1S/C13H17FN2O2/c1-9-7-16(8-10(2)18-9)13(17)15-12-5-3-4-11(14)6-12/h3-6,9-10H,7-8H2,1-2H3,(H,15,17)/t9-,10-/m0/s1. The minimum Gasteiger partial charge on any atom is -0.372 e. The summed E-state index contributed by atoms with van der Waals surface area (Å²) in [5, 5.41) is 2.68. The van der Waals surface area contributed by atoms with Crippen molar-refractivity contribution in [2.75, 3.05) is 18.4 Å². The molecule has 1 aromatic carbocycles. The Balaban J connectivity index is 1.99. The first-order valence-electron chi connectivity index (χ1n) is 6.01. The molecular weight excluding hydrogens is 235 g/mol. The first-order chi connectivity index (χ1) is 8.54. The number of urea groups is 1. The number of rotatable bonds is 1. The molecule has 0 unspecified atom stereocenters. The van der Waals surface area contributed by atoms with Gasteiger partial charge in [-0.1, -0.05) is 6.07 Å². The Kier molecular flexibility index (Phi) is 3.81. The molecule has 1 aliphatic heterocycles. The van der Waals surface area contributed by atoms with Crippen LogP contribution in [0.2, 0.25) is 0 Å². The van der Waals surface area contributed by atoms with Crippen molar-refractivity contribution < 1.29 is 13.9 Å². The number of nitrogens with one attached hydrogen (secondary N) is 1. The van der Waals surface area contributed by atoms with Crippen molar-refractivity contribution in [1.82, 2.24) is 4.90 Å². The quantitative estimate of drug-likeness (QED) is 0.834. The Morgan fingerprint density at radius 2 is 2.06 bits per heavy atom. The lowest BCUT2D eigenvalue weighted by atomic mass is 10.2. The van der Waals surface area contributed by atoms with Gasteiger partial charge in [0.1, 0.15) is 5.82 Å². The molecule has 5 heteroatoms. The number of halogens is 1. The van der Waals surface area contributed by atoms with Crippen LogP contribution in [0, 0.1) is 5.82 Å². The number of benzene rings is 1. The fraction of sp³-hybridized carbons (Fsp3) is 0.462. The van der Waals surface area contributed by atoms with Gasteiger partial charge < -0.3 is 15.0 Å². The van der Waals surface area contributed by atoms with E-state index < -0.39 is 0 Å². The van der Waals surface area contributed by atoms with Crippen LogP contribution in [-0.4, -0.2) is 36.2 Å². The second-order valence-electron chi connectivity index (χ2n) is 4.60. The maximum Gasteiger partial charge on any atom is 0.322 e. The Bertz CT molecular complexity index is 429. The average Bonchev–Trinajstić information content (AvgIpc) is 2.27. The zero-order chi connectivity index (χ0) is 13.1. The third-order valence-electron chi connectivity index (χ3n) is 2.78. The molecule has 1 aliphatic rings. The van der Waals surface area contributed by atoms with Gasteiger partial charge in [-0.15, -0.1) is 0 Å². The number of hydrogen-bond donors (Lipinski definition) is 1. The van der Waals surface area contributed by atoms with Gasteiger partial charge in [-0.3, -0.25) is 0 Å². The van der Waals surface area contributed by atoms with Crippen molar-refractivity contribution >= 4 is 11.7 Å². The van der Waals surface area contributed by atoms with Crippen LogP contribution in [0.25, 0.3) is 0 Å². The molecule has 0 spiro atoms. The highest BCUT2D eigenvalue weighted by Gasteiger charge is 2.25. The molecule has 1 saturated heterocycles. The molecule has 1 aromatic rings. The van der Waals surface area contributed by atoms with E-state index >= 15 is 0 Å². The van der Waals surface area contributed by atoms with Gasteiger partial charge in [0.15, 0.2) is 0 Å². The molecule has 1 heterocycles. The van der Waals surface area contributed by atoms with Crippen LogP contribution >= 0.6 is 0 Å². The van der Waals surface area contributed by atoms with Gasteiger partial charge in [0.2, 0.25) is 0 Å². The molecule has 0 radical (unpaired) electrons. The normalized spacial score (nSPS) is 23.8. The van der Waals surface area contributed by atoms with Crippen molar-refractivity contribution in [3.05, 3.63) is 30.1 Å². The molecule has 0 aliphatic carbocycles. The summed E-state index contributed by atoms with van der Waals surface area (Å²) >= 11 is 0. The van der Waals surface area contributed by atoms with E-state index in [1.165, 1.54) is 12.1 Å². The topological polar surface area (TPSA) is 41.6 Å². The SMILES string of the molecule is C[C@H]1CN(C(=O)Nc2cccc(F)c2)C[C@H](C)O1. The van der Waals surface area contributed by atoms with Gasteiger partial charge in [0.25, 0.3) is 0 Å². The van der Waals surface area contributed by atoms with Gasteiger partial charge in [-0.05, 0) is 32.0 Å². The van der Waals surface area contributed by atoms with Gasteiger partial charge >= 0.3 is 6.03 Å². The molecule has 1 fully saturated rings. The third-order valence-corrected chi connectivity index (χ3v) is 2.78. The van der Waals surface area contributed by atoms with Crippen molar-refractivity contribution in [2.24, 2.45) is 0 Å². The number of hydrogen-bond acceptors (Lipinski definition) is 2. The van der Waals surface area contributed by atoms with Crippen molar-refractivity contribution in [3.63, 3.8) is 0 Å². The molecule has 2 atom stereocenters. The number of carbonyl (C=O) groups excluding carboxylic acids is 1. The Morgan fingerprint density at radius 3 is 2.67 bits per heavy atom. The summed E-state index contributed by atoms with van der Waals surface area (Å²) in [6.45, 7) is 4.95. The molecular formula is C13H17FN2O2. The van der Waals surface area contributed by atoms with Gasteiger partial charge in [0.05, 0.1) is 12.2 Å². The van der Waals surface area contributed by atoms with E-state index in [-0.39, 0.29) is 24.1 Å². The molecule has 1 N–H and O–H groups in total. The third kappa shape index (κ3) is 3.20. The highest BCUT2D eigenvalue weighted by atomic mass is 19.1. The van der Waals surface area contributed by atoms with Crippen LogP contribution < -0.4 is 5.32 Å². The number of morpholine rings is 1. The van der Waals surface area contributed by atoms with Crippen molar-refractivity contribution in [1.29, 1.82) is 0 Å². The lowest BCUT2D eigenvalue weighted by molar-refractivity contribution is -0.0530. The van der Waals surface area contributed by atoms with E-state index in [9.17, 15) is 9.18 Å². The average molecular weight is 252 g/mol. The maximum absolute atomic E-state index is 13.0. The summed E-state index contributed by atoms with van der Waals surface area (Å²) < 4.78 is 18.6. The number of anilines is 1. The first-order valence-corrected chi connectivity index (χ1v) is 6.01. The Hall–Kier alpha value is -1.62. The fourth-order valence-electron chi connectivity index (χ4n) is 2.11. The van der Waals surface area contributed by atoms with E-state index in [1.807, 2.05) is 13.8 Å². The van der Waals surface area contributed by atoms with E-state index in [4.69, 9.17) is 4.74 Å². The molecule has 2 rings (SSSR count). The minimum atomic E-state index is -0.364. The molecule has 0 bridgehead atoms. The summed E-state index contributed by atoms with van der Waals surface area (Å²) in [4.78, 5) is 13.7. The van der Waals surface area contributed by atoms with Gasteiger partial charge in [-0.25, -0.2) is 9.18 Å². The van der Waals surface area contributed by atoms with Crippen LogP contribution in [0.3, 0.4) is 0 Å². The van der Waals surface area contributed by atoms with E-state index in [0.717, 1.165) is 0 Å². The van der Waals surface area contributed by atoms with E-state index in [1.54, 1.807) is 17.0 Å². The molecule has 18 heavy (non-hydrogen) atoms. The predicted octanol–water partition coefficient (Wildman–Crippen LogP) is 2.47. The molecule has 4 nitrogen and oxygen atoms in total. The van der Waals surface area contributed by atoms with Crippen LogP contribution in [0.15, 0.2) is 24.3 Å². The number of carbonyl (C=O) groups is 1. The zero-order valence-electron chi connectivity index (χ0n) is 10.5. The zero-order valence-corrected chi connectivity index (χ0v) is 10.5. The molecule has 0 aromatic heterocycles. The molecule has 0 saturated carbocycles. The maximum atomic E-state index is 13.0. The summed E-state index contributed by atoms with van der Waals surface area (Å²) in [7, 11) is 0. The molecule has 2 amide bonds. The van der Waals surface area contributed by atoms with Crippen LogP contribution in [0.1, 0.15) is 13.8 Å². The smallest absolute Gasteiger partial charge is 0.322 e. The predicted molar refractivity (Wildman–Crippen MR) is 67.0 cm³/mol. The summed E-state index contributed by atoms with van der Waals surface area (Å²) in [5.74, 6) is -0.364. The largest absolute Gasteiger partial charge is 0.372 e. The number of ether oxygens (including phenoxy) is 1. The highest BCUT2D eigenvalue weighted by molar-refractivity contribution is 5.89. The summed E-state index contributed by atoms with van der Waals surface area (Å²) in [5.41, 5.74) is 0.465. The monoisotopic (exact) mass is 252 g/mol. The van der Waals surface area contributed by atoms with Gasteiger partial charge in [-0.2, -0.15) is 0 Å². The highest BCUT2D eigenvalue weighted by Crippen LogP contribution is 2.14. The van der Waals surface area contributed by atoms with Crippen LogP contribution in [0.4, 0.5) is 14.9 Å². The lowest BCUT2D eigenvalue weighted by Gasteiger charge is -2.35. The van der Waals surface area contributed by atoms with E-state index in [0.29, 0.717) is 18.8 Å². The number of amides is 2. The van der Waals surface area contributed by atoms with Crippen molar-refractivity contribution in [3.8, 4) is 0 Å². The summed E-state index contributed by atoms with van der Waals surface area (Å²) in [6.07, 6.45) is 0.0408. The second-order valence-corrected chi connectivity index (χ2v) is 4.60. The first kappa shape index (κ1) is 12.8. The lowest BCUT2D eigenvalue weighted by Crippen LogP contribution is -2.49. The van der Waals surface area contributed by atoms with Gasteiger partial charge in [0, 0.05) is 18.8 Å². The Morgan fingerprint density at radius 1 is 1.39 bits per heavy atom. The molecule has 98 valence electrons. The van der Waals surface area contributed by atoms with Crippen LogP contribution in [-0.2, 0) is 4.74 Å². The van der Waals surface area contributed by atoms with Crippen LogP contribution in [0.5, 0.6) is 0 Å². The Labute approximate surface area is 106 Å². The van der Waals surface area contributed by atoms with Crippen molar-refractivity contribution in [2.45, 2.75) is 26.1 Å². The van der Waals surface area contributed by atoms with E-state index in [2.05, 4.69) is 5.32 Å². The number of nitrogens with zero attached hydrogens (tertiary/aromatic N) is 1. The second kappa shape index (κ2) is 5.35.